The number of halogens is 3. The number of carbonyl (C=O) groups is 1. The fourth-order valence-electron chi connectivity index (χ4n) is 5.63. The van der Waals surface area contributed by atoms with E-state index in [0.29, 0.717) is 69.0 Å². The summed E-state index contributed by atoms with van der Waals surface area (Å²) in [5, 5.41) is 22.0. The predicted octanol–water partition coefficient (Wildman–Crippen LogP) is 5.89. The van der Waals surface area contributed by atoms with Crippen molar-refractivity contribution in [1.29, 1.82) is 0 Å². The molecule has 1 fully saturated rings. The first-order valence-corrected chi connectivity index (χ1v) is 14.5. The summed E-state index contributed by atoms with van der Waals surface area (Å²) in [6.07, 6.45) is 3.05. The number of rotatable bonds is 12. The molecule has 2 N–H and O–H groups in total. The summed E-state index contributed by atoms with van der Waals surface area (Å²) >= 11 is 1.00. The van der Waals surface area contributed by atoms with Crippen molar-refractivity contribution in [2.75, 3.05) is 51.5 Å². The Bertz CT molecular complexity index is 1360. The van der Waals surface area contributed by atoms with Crippen molar-refractivity contribution >= 4 is 34.3 Å². The highest BCUT2D eigenvalue weighted by molar-refractivity contribution is 7.99. The van der Waals surface area contributed by atoms with Crippen LogP contribution in [-0.2, 0) is 4.79 Å². The van der Waals surface area contributed by atoms with Gasteiger partial charge in [-0.05, 0) is 62.4 Å². The number of thioether (sulfide) groups is 1. The van der Waals surface area contributed by atoms with Crippen molar-refractivity contribution in [1.82, 2.24) is 9.88 Å². The number of ether oxygens (including phenoxy) is 1. The second-order valence-corrected chi connectivity index (χ2v) is 12.0. The Morgan fingerprint density at radius 1 is 1.17 bits per heavy atom. The van der Waals surface area contributed by atoms with Gasteiger partial charge in [0, 0.05) is 49.5 Å². The molecule has 3 aromatic rings. The Morgan fingerprint density at radius 2 is 1.85 bits per heavy atom. The molecule has 222 valence electrons. The van der Waals surface area contributed by atoms with E-state index >= 15 is 0 Å². The van der Waals surface area contributed by atoms with E-state index in [4.69, 9.17) is 4.74 Å². The van der Waals surface area contributed by atoms with Gasteiger partial charge in [-0.3, -0.25) is 9.78 Å². The third kappa shape index (κ3) is 7.44. The van der Waals surface area contributed by atoms with Crippen LogP contribution in [0.1, 0.15) is 43.8 Å². The van der Waals surface area contributed by atoms with Gasteiger partial charge in [0.25, 0.3) is 0 Å². The van der Waals surface area contributed by atoms with Crippen LogP contribution < -0.4 is 9.64 Å². The molecule has 0 radical (unpaired) electrons. The summed E-state index contributed by atoms with van der Waals surface area (Å²) in [6, 6.07) is 6.88. The minimum absolute atomic E-state index is 0.000233. The van der Waals surface area contributed by atoms with E-state index in [2.05, 4.69) is 9.88 Å². The number of carboxylic acid groups (broad SMARTS) is 1. The van der Waals surface area contributed by atoms with Crippen LogP contribution in [0.3, 0.4) is 0 Å². The second-order valence-electron chi connectivity index (χ2n) is 10.8. The fourth-order valence-corrected chi connectivity index (χ4v) is 6.58. The maximum Gasteiger partial charge on any atom is 0.303 e. The number of anilines is 1. The molecule has 1 aliphatic rings. The van der Waals surface area contributed by atoms with Crippen LogP contribution in [0.2, 0.25) is 0 Å². The van der Waals surface area contributed by atoms with Crippen LogP contribution in [0, 0.1) is 22.9 Å². The Labute approximate surface area is 242 Å². The van der Waals surface area contributed by atoms with E-state index in [1.165, 1.54) is 0 Å². The van der Waals surface area contributed by atoms with E-state index in [-0.39, 0.29) is 11.3 Å². The molecular formula is C30H36F3N3O4S. The number of nitrogens with zero attached hydrogens (tertiary/aromatic N) is 3. The van der Waals surface area contributed by atoms with E-state index in [1.54, 1.807) is 13.3 Å². The summed E-state index contributed by atoms with van der Waals surface area (Å²) in [7, 11) is 5.36. The lowest BCUT2D eigenvalue weighted by Gasteiger charge is -2.41. The lowest BCUT2D eigenvalue weighted by atomic mass is 9.71. The lowest BCUT2D eigenvalue weighted by molar-refractivity contribution is -0.141. The monoisotopic (exact) mass is 591 g/mol. The quantitative estimate of drug-likeness (QED) is 0.252. The third-order valence-corrected chi connectivity index (χ3v) is 8.98. The largest absolute Gasteiger partial charge is 0.497 e. The van der Waals surface area contributed by atoms with Crippen molar-refractivity contribution in [2.24, 2.45) is 5.41 Å². The number of benzene rings is 2. The van der Waals surface area contributed by atoms with E-state index in [9.17, 15) is 28.2 Å². The minimum atomic E-state index is -0.949. The van der Waals surface area contributed by atoms with E-state index in [0.717, 1.165) is 33.9 Å². The Balaban J connectivity index is 1.43. The van der Waals surface area contributed by atoms with Crippen molar-refractivity contribution in [3.05, 3.63) is 59.5 Å². The van der Waals surface area contributed by atoms with E-state index < -0.39 is 34.9 Å². The van der Waals surface area contributed by atoms with Crippen LogP contribution in [-0.4, -0.2) is 72.7 Å². The molecule has 2 aromatic carbocycles. The van der Waals surface area contributed by atoms with Gasteiger partial charge in [-0.25, -0.2) is 13.2 Å². The molecule has 1 aliphatic heterocycles. The molecule has 0 bridgehead atoms. The number of fused-ring (bicyclic) bond motifs is 1. The van der Waals surface area contributed by atoms with Crippen LogP contribution in [0.4, 0.5) is 18.9 Å². The van der Waals surface area contributed by atoms with Crippen LogP contribution >= 0.6 is 11.8 Å². The first-order chi connectivity index (χ1) is 19.5. The minimum Gasteiger partial charge on any atom is -0.497 e. The zero-order chi connectivity index (χ0) is 29.7. The number of hydrogen-bond acceptors (Lipinski definition) is 7. The van der Waals surface area contributed by atoms with Gasteiger partial charge in [0.05, 0.1) is 41.9 Å². The normalized spacial score (nSPS) is 16.1. The molecule has 7 nitrogen and oxygen atoms in total. The zero-order valence-electron chi connectivity index (χ0n) is 23.5. The number of carboxylic acids is 1. The number of hydrogen-bond donors (Lipinski definition) is 2. The molecule has 1 atom stereocenters. The lowest BCUT2D eigenvalue weighted by Crippen LogP contribution is -2.42. The first-order valence-electron chi connectivity index (χ1n) is 13.6. The predicted molar refractivity (Wildman–Crippen MR) is 154 cm³/mol. The van der Waals surface area contributed by atoms with Crippen molar-refractivity contribution in [3.63, 3.8) is 0 Å². The molecule has 2 heterocycles. The topological polar surface area (TPSA) is 86.1 Å². The number of aliphatic hydroxyl groups excluding tert-OH is 1. The van der Waals surface area contributed by atoms with Gasteiger partial charge in [0.15, 0.2) is 0 Å². The second kappa shape index (κ2) is 13.3. The van der Waals surface area contributed by atoms with Crippen LogP contribution in [0.5, 0.6) is 5.75 Å². The molecule has 4 rings (SSSR count). The number of aliphatic carboxylic acids is 1. The molecule has 0 saturated carbocycles. The summed E-state index contributed by atoms with van der Waals surface area (Å²) < 4.78 is 46.5. The van der Waals surface area contributed by atoms with Gasteiger partial charge in [0.1, 0.15) is 23.2 Å². The molecule has 0 aliphatic carbocycles. The van der Waals surface area contributed by atoms with Crippen molar-refractivity contribution in [2.45, 2.75) is 43.1 Å². The smallest absolute Gasteiger partial charge is 0.303 e. The first kappa shape index (κ1) is 30.9. The number of methoxy groups -OCH3 is 1. The summed E-state index contributed by atoms with van der Waals surface area (Å²) in [5.74, 6) is -2.59. The standard InChI is InChI=1S/C30H36F3N3O4S/c1-35(2)25-18-34-24-5-4-20(40-3)16-21(24)28(25)26(37)6-7-30(17-27(38)39)8-10-36(11-9-30)12-13-41-29-22(32)14-19(31)15-23(29)33/h4-5,14-16,18,26,37H,6-13,17H2,1-3H3,(H,38,39). The van der Waals surface area contributed by atoms with Gasteiger partial charge in [-0.1, -0.05) is 0 Å². The zero-order valence-corrected chi connectivity index (χ0v) is 24.3. The molecule has 0 spiro atoms. The number of piperidine rings is 1. The highest BCUT2D eigenvalue weighted by Gasteiger charge is 2.37. The van der Waals surface area contributed by atoms with Crippen LogP contribution in [0.25, 0.3) is 10.9 Å². The van der Waals surface area contributed by atoms with Crippen LogP contribution in [0.15, 0.2) is 41.4 Å². The Kier molecular flexibility index (Phi) is 10.0. The molecule has 1 saturated heterocycles. The van der Waals surface area contributed by atoms with Crippen molar-refractivity contribution in [3.8, 4) is 5.75 Å². The Hall–Kier alpha value is -3.02. The molecular weight excluding hydrogens is 555 g/mol. The SMILES string of the molecule is COc1ccc2ncc(N(C)C)c(C(O)CCC3(CC(=O)O)CCN(CCSc4c(F)cc(F)cc4F)CC3)c2c1. The van der Waals surface area contributed by atoms with E-state index in [1.807, 2.05) is 37.2 Å². The number of likely N-dealkylation sites (tertiary alicyclic amines) is 1. The number of pyridine rings is 1. The van der Waals surface area contributed by atoms with Gasteiger partial charge < -0.3 is 24.7 Å². The maximum atomic E-state index is 14.0. The average molecular weight is 592 g/mol. The van der Waals surface area contributed by atoms with Crippen molar-refractivity contribution < 1.29 is 32.9 Å². The maximum absolute atomic E-state index is 14.0. The fraction of sp³-hybridized carbons (Fsp3) is 0.467. The molecule has 41 heavy (non-hydrogen) atoms. The number of aliphatic hydroxyl groups is 1. The van der Waals surface area contributed by atoms with Gasteiger partial charge in [-0.2, -0.15) is 0 Å². The number of aromatic nitrogens is 1. The highest BCUT2D eigenvalue weighted by Crippen LogP contribution is 2.43. The van der Waals surface area contributed by atoms with Gasteiger partial charge in [0.2, 0.25) is 0 Å². The summed E-state index contributed by atoms with van der Waals surface area (Å²) in [6.45, 7) is 1.83. The summed E-state index contributed by atoms with van der Waals surface area (Å²) in [4.78, 5) is 20.3. The Morgan fingerprint density at radius 3 is 2.46 bits per heavy atom. The van der Waals surface area contributed by atoms with Gasteiger partial charge in [-0.15, -0.1) is 11.8 Å². The highest BCUT2D eigenvalue weighted by atomic mass is 32.2. The third-order valence-electron chi connectivity index (χ3n) is 7.92. The summed E-state index contributed by atoms with van der Waals surface area (Å²) in [5.41, 5.74) is 1.77. The molecule has 1 aromatic heterocycles. The molecule has 0 amide bonds. The average Bonchev–Trinajstić information content (AvgIpc) is 2.92. The molecule has 1 unspecified atom stereocenters. The molecule has 11 heteroatoms. The van der Waals surface area contributed by atoms with Gasteiger partial charge >= 0.3 is 5.97 Å².